The van der Waals surface area contributed by atoms with Gasteiger partial charge in [0.25, 0.3) is 0 Å². The number of nitrogens with zero attached hydrogens (tertiary/aromatic N) is 3. The largest absolute Gasteiger partial charge is 0.497 e. The van der Waals surface area contributed by atoms with E-state index in [9.17, 15) is 23.1 Å². The smallest absolute Gasteiger partial charge is 0.422 e. The van der Waals surface area contributed by atoms with E-state index in [-0.39, 0.29) is 35.4 Å². The van der Waals surface area contributed by atoms with Crippen LogP contribution in [0.15, 0.2) is 71.7 Å². The number of aliphatic hydroxyl groups excluding tert-OH is 1. The average molecular weight is 623 g/mol. The minimum absolute atomic E-state index is 0.0933. The third kappa shape index (κ3) is 6.59. The second-order valence-corrected chi connectivity index (χ2v) is 10.7. The van der Waals surface area contributed by atoms with Crippen molar-refractivity contribution in [2.45, 2.75) is 24.6 Å². The van der Waals surface area contributed by atoms with Crippen LogP contribution in [0.3, 0.4) is 0 Å². The quantitative estimate of drug-likeness (QED) is 0.359. The summed E-state index contributed by atoms with van der Waals surface area (Å²) in [6, 6.07) is 17.2. The Morgan fingerprint density at radius 3 is 2.29 bits per heavy atom. The summed E-state index contributed by atoms with van der Waals surface area (Å²) in [5, 5.41) is 15.6. The Morgan fingerprint density at radius 2 is 1.69 bits per heavy atom. The molecule has 8 nitrogen and oxygen atoms in total. The normalized spacial score (nSPS) is 20.2. The van der Waals surface area contributed by atoms with Gasteiger partial charge >= 0.3 is 6.18 Å². The molecule has 222 valence electrons. The van der Waals surface area contributed by atoms with Gasteiger partial charge in [-0.15, -0.1) is 0 Å². The second-order valence-electron chi connectivity index (χ2n) is 9.79. The van der Waals surface area contributed by atoms with Gasteiger partial charge in [0.2, 0.25) is 5.91 Å². The van der Waals surface area contributed by atoms with Crippen molar-refractivity contribution in [1.82, 2.24) is 15.1 Å². The Kier molecular flexibility index (Phi) is 8.84. The van der Waals surface area contributed by atoms with Crippen LogP contribution in [0.4, 0.5) is 13.2 Å². The first kappa shape index (κ1) is 30.0. The highest BCUT2D eigenvalue weighted by molar-refractivity contribution is 6.30. The van der Waals surface area contributed by atoms with Gasteiger partial charge < -0.3 is 24.8 Å². The number of aliphatic imine (C=N–C) groups is 1. The van der Waals surface area contributed by atoms with Crippen LogP contribution in [0.1, 0.15) is 28.8 Å². The van der Waals surface area contributed by atoms with E-state index in [1.54, 1.807) is 64.4 Å². The molecule has 0 aliphatic carbocycles. The van der Waals surface area contributed by atoms with E-state index >= 15 is 0 Å². The molecule has 1 amide bonds. The van der Waals surface area contributed by atoms with Crippen molar-refractivity contribution in [2.75, 3.05) is 33.4 Å². The first-order valence-electron chi connectivity index (χ1n) is 13.0. The van der Waals surface area contributed by atoms with E-state index in [0.29, 0.717) is 23.1 Å². The molecule has 0 bridgehead atoms. The maximum Gasteiger partial charge on any atom is 0.422 e. The molecule has 2 N–H and O–H groups in total. The van der Waals surface area contributed by atoms with Crippen LogP contribution >= 0.6 is 23.2 Å². The molecule has 3 atom stereocenters. The fourth-order valence-electron chi connectivity index (χ4n) is 5.06. The van der Waals surface area contributed by atoms with E-state index in [0.717, 1.165) is 11.1 Å². The number of rotatable bonds is 8. The number of alkyl halides is 3. The van der Waals surface area contributed by atoms with Gasteiger partial charge in [-0.25, -0.2) is 4.90 Å². The van der Waals surface area contributed by atoms with E-state index in [4.69, 9.17) is 37.7 Å². The van der Waals surface area contributed by atoms with Gasteiger partial charge in [0.15, 0.2) is 13.0 Å². The zero-order valence-electron chi connectivity index (χ0n) is 22.3. The lowest BCUT2D eigenvalue weighted by atomic mass is 9.93. The summed E-state index contributed by atoms with van der Waals surface area (Å²) in [7, 11) is 1.39. The SMILES string of the molecule is COc1ccc(C2=N[C@H](c3ccc(Cl)cc3)[C@H](c3ccc(Cl)cc3)N2C(O)N2CCNC(=O)C2)c(OCC(F)(F)F)c1. The van der Waals surface area contributed by atoms with E-state index in [1.165, 1.54) is 19.2 Å². The number of hydrogen-bond acceptors (Lipinski definition) is 7. The fraction of sp³-hybridized carbons (Fsp3) is 0.310. The van der Waals surface area contributed by atoms with Gasteiger partial charge in [-0.3, -0.25) is 9.79 Å². The molecule has 13 heteroatoms. The molecule has 42 heavy (non-hydrogen) atoms. The van der Waals surface area contributed by atoms with Crippen LogP contribution in [-0.4, -0.2) is 72.5 Å². The summed E-state index contributed by atoms with van der Waals surface area (Å²) in [5.41, 5.74) is 1.68. The Morgan fingerprint density at radius 1 is 1.05 bits per heavy atom. The first-order chi connectivity index (χ1) is 20.0. The van der Waals surface area contributed by atoms with E-state index in [2.05, 4.69) is 5.32 Å². The van der Waals surface area contributed by atoms with Crippen LogP contribution < -0.4 is 14.8 Å². The highest BCUT2D eigenvalue weighted by Gasteiger charge is 2.45. The first-order valence-corrected chi connectivity index (χ1v) is 13.7. The number of hydrogen-bond donors (Lipinski definition) is 2. The number of halogens is 5. The van der Waals surface area contributed by atoms with Gasteiger partial charge in [0.05, 0.1) is 25.3 Å². The van der Waals surface area contributed by atoms with Crippen molar-refractivity contribution in [3.63, 3.8) is 0 Å². The average Bonchev–Trinajstić information content (AvgIpc) is 3.36. The van der Waals surface area contributed by atoms with E-state index in [1.807, 2.05) is 0 Å². The highest BCUT2D eigenvalue weighted by Crippen LogP contribution is 2.46. The van der Waals surface area contributed by atoms with Crippen molar-refractivity contribution in [1.29, 1.82) is 0 Å². The maximum absolute atomic E-state index is 13.2. The van der Waals surface area contributed by atoms with Gasteiger partial charge in [0.1, 0.15) is 23.4 Å². The summed E-state index contributed by atoms with van der Waals surface area (Å²) in [4.78, 5) is 20.4. The van der Waals surface area contributed by atoms with Gasteiger partial charge in [-0.2, -0.15) is 13.2 Å². The molecule has 1 unspecified atom stereocenters. The van der Waals surface area contributed by atoms with Gasteiger partial charge in [0, 0.05) is 29.2 Å². The summed E-state index contributed by atoms with van der Waals surface area (Å²) in [5.74, 6) is 0.0468. The minimum atomic E-state index is -4.60. The molecule has 2 aliphatic heterocycles. The summed E-state index contributed by atoms with van der Waals surface area (Å²) in [6.07, 6.45) is -5.99. The standard InChI is InChI=1S/C29H27Cl2F3N4O4/c1-41-21-10-11-22(23(14-21)42-16-29(32,33)34)27-36-25(17-2-6-19(30)7-3-17)26(18-4-8-20(31)9-5-18)38(27)28(40)37-13-12-35-24(39)15-37/h2-11,14,25-26,28,40H,12-13,15-16H2,1H3,(H,35,39)/t25-,26+,28?/m1/s1. The molecule has 5 rings (SSSR count). The molecule has 1 fully saturated rings. The number of amides is 1. The van der Waals surface area contributed by atoms with Crippen LogP contribution in [0, 0.1) is 0 Å². The number of carbonyl (C=O) groups excluding carboxylic acids is 1. The highest BCUT2D eigenvalue weighted by atomic mass is 35.5. The predicted molar refractivity (Wildman–Crippen MR) is 152 cm³/mol. The summed E-state index contributed by atoms with van der Waals surface area (Å²) in [6.45, 7) is -0.999. The number of ether oxygens (including phenoxy) is 2. The molecule has 2 heterocycles. The zero-order chi connectivity index (χ0) is 30.0. The molecular weight excluding hydrogens is 596 g/mol. The zero-order valence-corrected chi connectivity index (χ0v) is 23.8. The number of piperazine rings is 1. The predicted octanol–water partition coefficient (Wildman–Crippen LogP) is 5.20. The molecule has 3 aromatic rings. The van der Waals surface area contributed by atoms with Gasteiger partial charge in [-0.1, -0.05) is 47.5 Å². The number of aliphatic hydroxyl groups is 1. The number of methoxy groups -OCH3 is 1. The van der Waals surface area contributed by atoms with Gasteiger partial charge in [-0.05, 0) is 47.5 Å². The molecule has 0 radical (unpaired) electrons. The number of amidine groups is 1. The van der Waals surface area contributed by atoms with Crippen LogP contribution in [-0.2, 0) is 4.79 Å². The molecule has 0 aromatic heterocycles. The van der Waals surface area contributed by atoms with Crippen LogP contribution in [0.25, 0.3) is 0 Å². The third-order valence-corrected chi connectivity index (χ3v) is 7.50. The number of nitrogens with one attached hydrogen (secondary N) is 1. The van der Waals surface area contributed by atoms with E-state index < -0.39 is 31.2 Å². The van der Waals surface area contributed by atoms with Crippen LogP contribution in [0.5, 0.6) is 11.5 Å². The van der Waals surface area contributed by atoms with Crippen molar-refractivity contribution >= 4 is 34.9 Å². The molecule has 0 spiro atoms. The Balaban J connectivity index is 1.69. The lowest BCUT2D eigenvalue weighted by Crippen LogP contribution is -2.58. The van der Waals surface area contributed by atoms with Crippen molar-refractivity contribution in [3.05, 3.63) is 93.5 Å². The summed E-state index contributed by atoms with van der Waals surface area (Å²) >= 11 is 12.4. The third-order valence-electron chi connectivity index (χ3n) is 6.99. The topological polar surface area (TPSA) is 86.6 Å². The second kappa shape index (κ2) is 12.4. The Labute approximate surface area is 250 Å². The number of benzene rings is 3. The van der Waals surface area contributed by atoms with Crippen molar-refractivity contribution < 1.29 is 32.5 Å². The maximum atomic E-state index is 13.2. The van der Waals surface area contributed by atoms with Crippen molar-refractivity contribution in [3.8, 4) is 11.5 Å². The lowest BCUT2D eigenvalue weighted by molar-refractivity contribution is -0.153. The Bertz CT molecular complexity index is 1450. The lowest BCUT2D eigenvalue weighted by Gasteiger charge is -2.41. The fourth-order valence-corrected chi connectivity index (χ4v) is 5.31. The number of carbonyl (C=O) groups is 1. The molecule has 1 saturated heterocycles. The molecular formula is C29H27Cl2F3N4O4. The van der Waals surface area contributed by atoms with Crippen molar-refractivity contribution in [2.24, 2.45) is 4.99 Å². The molecule has 0 saturated carbocycles. The molecule has 3 aromatic carbocycles. The monoisotopic (exact) mass is 622 g/mol. The Hall–Kier alpha value is -3.51. The minimum Gasteiger partial charge on any atom is -0.497 e. The van der Waals surface area contributed by atoms with Crippen LogP contribution in [0.2, 0.25) is 10.0 Å². The summed E-state index contributed by atoms with van der Waals surface area (Å²) < 4.78 is 50.2. The molecule has 2 aliphatic rings.